The highest BCUT2D eigenvalue weighted by molar-refractivity contribution is 7.90. The molecule has 8 heteroatoms. The number of nitrogen functional groups attached to an aromatic ring is 1. The summed E-state index contributed by atoms with van der Waals surface area (Å²) < 4.78 is 24.2. The summed E-state index contributed by atoms with van der Waals surface area (Å²) in [5.41, 5.74) is 5.74. The van der Waals surface area contributed by atoms with E-state index >= 15 is 0 Å². The smallest absolute Gasteiger partial charge is 0.252 e. The maximum Gasteiger partial charge on any atom is 0.252 e. The molecule has 0 spiro atoms. The molecule has 0 fully saturated rings. The topological polar surface area (TPSA) is 108 Å². The van der Waals surface area contributed by atoms with Gasteiger partial charge in [0.15, 0.2) is 9.84 Å². The first-order valence-electron chi connectivity index (χ1n) is 5.36. The minimum Gasteiger partial charge on any atom is -0.366 e. The Morgan fingerprint density at radius 3 is 2.63 bits per heavy atom. The van der Waals surface area contributed by atoms with Gasteiger partial charge in [-0.25, -0.2) is 13.4 Å². The van der Waals surface area contributed by atoms with Gasteiger partial charge in [-0.3, -0.25) is 4.79 Å². The van der Waals surface area contributed by atoms with Crippen molar-refractivity contribution in [3.05, 3.63) is 36.2 Å². The van der Waals surface area contributed by atoms with Crippen molar-refractivity contribution in [1.29, 1.82) is 0 Å². The quantitative estimate of drug-likeness (QED) is 0.857. The standard InChI is InChI=1S/C11H12N4O3S/c1-19(17,18)9-5-3-2-4-8(9)6-10(16)15-7-13-11(12)14-15/h2-5,7H,6H2,1H3,(H2,12,14). The molecule has 0 saturated carbocycles. The van der Waals surface area contributed by atoms with Crippen LogP contribution in [0.25, 0.3) is 0 Å². The maximum atomic E-state index is 11.9. The number of rotatable bonds is 3. The van der Waals surface area contributed by atoms with E-state index in [1.807, 2.05) is 0 Å². The molecule has 1 heterocycles. The van der Waals surface area contributed by atoms with Crippen LogP contribution < -0.4 is 5.73 Å². The van der Waals surface area contributed by atoms with E-state index in [2.05, 4.69) is 10.1 Å². The number of aromatic nitrogens is 3. The molecule has 2 aromatic rings. The third-order valence-corrected chi connectivity index (χ3v) is 3.68. The highest BCUT2D eigenvalue weighted by Crippen LogP contribution is 2.16. The van der Waals surface area contributed by atoms with Crippen LogP contribution in [0.1, 0.15) is 10.4 Å². The SMILES string of the molecule is CS(=O)(=O)c1ccccc1CC(=O)n1cnc(N)n1. The zero-order chi connectivity index (χ0) is 14.0. The van der Waals surface area contributed by atoms with Crippen LogP contribution in [-0.4, -0.2) is 35.3 Å². The fourth-order valence-electron chi connectivity index (χ4n) is 1.65. The summed E-state index contributed by atoms with van der Waals surface area (Å²) in [4.78, 5) is 15.7. The lowest BCUT2D eigenvalue weighted by molar-refractivity contribution is 0.0897. The van der Waals surface area contributed by atoms with Gasteiger partial charge in [0, 0.05) is 6.26 Å². The van der Waals surface area contributed by atoms with Crippen molar-refractivity contribution in [3.8, 4) is 0 Å². The van der Waals surface area contributed by atoms with Crippen LogP contribution in [-0.2, 0) is 16.3 Å². The third-order valence-electron chi connectivity index (χ3n) is 2.48. The molecule has 1 aromatic heterocycles. The maximum absolute atomic E-state index is 11.9. The van der Waals surface area contributed by atoms with Gasteiger partial charge in [0.1, 0.15) is 6.33 Å². The van der Waals surface area contributed by atoms with Crippen molar-refractivity contribution in [2.75, 3.05) is 12.0 Å². The first-order valence-corrected chi connectivity index (χ1v) is 7.25. The number of nitrogens with zero attached hydrogens (tertiary/aromatic N) is 3. The van der Waals surface area contributed by atoms with Gasteiger partial charge >= 0.3 is 0 Å². The number of carbonyl (C=O) groups is 1. The summed E-state index contributed by atoms with van der Waals surface area (Å²) in [6.07, 6.45) is 2.20. The number of carbonyl (C=O) groups excluding carboxylic acids is 1. The summed E-state index contributed by atoms with van der Waals surface area (Å²) in [7, 11) is -3.38. The van der Waals surface area contributed by atoms with E-state index in [4.69, 9.17) is 5.73 Å². The van der Waals surface area contributed by atoms with E-state index in [9.17, 15) is 13.2 Å². The lowest BCUT2D eigenvalue weighted by Crippen LogP contribution is -2.16. The molecular weight excluding hydrogens is 268 g/mol. The highest BCUT2D eigenvalue weighted by Gasteiger charge is 2.16. The Morgan fingerprint density at radius 2 is 2.05 bits per heavy atom. The van der Waals surface area contributed by atoms with Crippen LogP contribution >= 0.6 is 0 Å². The zero-order valence-electron chi connectivity index (χ0n) is 10.1. The second kappa shape index (κ2) is 4.81. The minimum absolute atomic E-state index is 0.00949. The first kappa shape index (κ1) is 13.2. The van der Waals surface area contributed by atoms with Gasteiger partial charge in [0.25, 0.3) is 5.91 Å². The lowest BCUT2D eigenvalue weighted by Gasteiger charge is -2.06. The van der Waals surface area contributed by atoms with E-state index in [0.29, 0.717) is 5.56 Å². The number of hydrogen-bond donors (Lipinski definition) is 1. The van der Waals surface area contributed by atoms with Gasteiger partial charge in [0.05, 0.1) is 11.3 Å². The average Bonchev–Trinajstić information content (AvgIpc) is 2.75. The van der Waals surface area contributed by atoms with Crippen LogP contribution in [0, 0.1) is 0 Å². The molecule has 7 nitrogen and oxygen atoms in total. The zero-order valence-corrected chi connectivity index (χ0v) is 11.0. The summed E-state index contributed by atoms with van der Waals surface area (Å²) in [6, 6.07) is 6.34. The largest absolute Gasteiger partial charge is 0.366 e. The Kier molecular flexibility index (Phi) is 3.34. The molecule has 0 bridgehead atoms. The molecule has 0 aliphatic carbocycles. The fraction of sp³-hybridized carbons (Fsp3) is 0.182. The van der Waals surface area contributed by atoms with Crippen LogP contribution in [0.5, 0.6) is 0 Å². The van der Waals surface area contributed by atoms with E-state index in [1.54, 1.807) is 18.2 Å². The van der Waals surface area contributed by atoms with Gasteiger partial charge in [0.2, 0.25) is 5.95 Å². The molecule has 1 aromatic carbocycles. The molecule has 0 atom stereocenters. The van der Waals surface area contributed by atoms with Gasteiger partial charge in [-0.15, -0.1) is 5.10 Å². The summed E-state index contributed by atoms with van der Waals surface area (Å²) in [5, 5.41) is 3.68. The first-order chi connectivity index (χ1) is 8.88. The van der Waals surface area contributed by atoms with E-state index in [-0.39, 0.29) is 17.3 Å². The van der Waals surface area contributed by atoms with Gasteiger partial charge in [-0.1, -0.05) is 18.2 Å². The number of nitrogens with two attached hydrogens (primary N) is 1. The van der Waals surface area contributed by atoms with Gasteiger partial charge < -0.3 is 5.73 Å². The Labute approximate surface area is 110 Å². The Hall–Kier alpha value is -2.22. The molecule has 0 saturated heterocycles. The predicted octanol–water partition coefficient (Wildman–Crippen LogP) is 0.147. The molecule has 100 valence electrons. The van der Waals surface area contributed by atoms with Gasteiger partial charge in [-0.2, -0.15) is 4.68 Å². The molecule has 0 unspecified atom stereocenters. The van der Waals surface area contributed by atoms with Crippen molar-refractivity contribution in [1.82, 2.24) is 14.8 Å². The molecule has 0 radical (unpaired) electrons. The van der Waals surface area contributed by atoms with Crippen LogP contribution in [0.15, 0.2) is 35.5 Å². The number of benzene rings is 1. The second-order valence-corrected chi connectivity index (χ2v) is 5.98. The Morgan fingerprint density at radius 1 is 1.37 bits per heavy atom. The predicted molar refractivity (Wildman–Crippen MR) is 68.3 cm³/mol. The lowest BCUT2D eigenvalue weighted by atomic mass is 10.1. The summed E-state index contributed by atoms with van der Waals surface area (Å²) in [5.74, 6) is -0.412. The van der Waals surface area contributed by atoms with E-state index in [1.165, 1.54) is 12.4 Å². The number of anilines is 1. The van der Waals surface area contributed by atoms with E-state index in [0.717, 1.165) is 10.9 Å². The molecule has 0 aliphatic rings. The molecule has 19 heavy (non-hydrogen) atoms. The van der Waals surface area contributed by atoms with Crippen molar-refractivity contribution in [2.24, 2.45) is 0 Å². The summed E-state index contributed by atoms with van der Waals surface area (Å²) in [6.45, 7) is 0. The second-order valence-electron chi connectivity index (χ2n) is 4.00. The third kappa shape index (κ3) is 2.97. The normalized spacial score (nSPS) is 11.4. The Bertz CT molecular complexity index is 721. The molecule has 2 N–H and O–H groups in total. The average molecular weight is 280 g/mol. The van der Waals surface area contributed by atoms with Crippen molar-refractivity contribution in [2.45, 2.75) is 11.3 Å². The molecule has 0 amide bonds. The van der Waals surface area contributed by atoms with Crippen molar-refractivity contribution >= 4 is 21.7 Å². The molecule has 2 rings (SSSR count). The molecule has 0 aliphatic heterocycles. The van der Waals surface area contributed by atoms with E-state index < -0.39 is 15.7 Å². The van der Waals surface area contributed by atoms with Crippen molar-refractivity contribution in [3.63, 3.8) is 0 Å². The minimum atomic E-state index is -3.38. The van der Waals surface area contributed by atoms with Crippen LogP contribution in [0.4, 0.5) is 5.95 Å². The summed E-state index contributed by atoms with van der Waals surface area (Å²) >= 11 is 0. The van der Waals surface area contributed by atoms with Crippen molar-refractivity contribution < 1.29 is 13.2 Å². The Balaban J connectivity index is 2.32. The fourth-order valence-corrected chi connectivity index (χ4v) is 2.59. The number of hydrogen-bond acceptors (Lipinski definition) is 6. The highest BCUT2D eigenvalue weighted by atomic mass is 32.2. The monoisotopic (exact) mass is 280 g/mol. The van der Waals surface area contributed by atoms with Gasteiger partial charge in [-0.05, 0) is 11.6 Å². The number of sulfone groups is 1. The molecular formula is C11H12N4O3S. The van der Waals surface area contributed by atoms with Crippen LogP contribution in [0.3, 0.4) is 0 Å². The van der Waals surface area contributed by atoms with Crippen LogP contribution in [0.2, 0.25) is 0 Å².